The molecule has 0 fully saturated rings. The molecule has 0 saturated heterocycles. The fourth-order valence-electron chi connectivity index (χ4n) is 8.24. The van der Waals surface area contributed by atoms with Gasteiger partial charge in [0, 0.05) is 12.1 Å². The fourth-order valence-corrected chi connectivity index (χ4v) is 8.24. The number of rotatable bonds is 6. The largest absolute Gasteiger partial charge is 0.296 e. The lowest BCUT2D eigenvalue weighted by Crippen LogP contribution is -1.99. The molecule has 8 aromatic carbocycles. The van der Waals surface area contributed by atoms with Gasteiger partial charge in [0.15, 0.2) is 0 Å². The summed E-state index contributed by atoms with van der Waals surface area (Å²) >= 11 is 0. The smallest absolute Gasteiger partial charge is 0.114 e. The van der Waals surface area contributed by atoms with Gasteiger partial charge in [-0.25, -0.2) is 4.98 Å². The number of imidazole rings is 1. The molecule has 2 nitrogen and oxygen atoms in total. The summed E-state index contributed by atoms with van der Waals surface area (Å²) in [5.41, 5.74) is 18.4. The van der Waals surface area contributed by atoms with E-state index in [1.807, 2.05) is 0 Å². The molecule has 0 spiro atoms. The molecule has 0 radical (unpaired) electrons. The second-order valence-electron chi connectivity index (χ2n) is 13.4. The summed E-state index contributed by atoms with van der Waals surface area (Å²) < 4.78 is 2.29. The highest BCUT2D eigenvalue weighted by Crippen LogP contribution is 2.57. The van der Waals surface area contributed by atoms with Crippen molar-refractivity contribution in [3.8, 4) is 72.4 Å². The van der Waals surface area contributed by atoms with Crippen LogP contribution in [0.25, 0.3) is 94.3 Å². The summed E-state index contributed by atoms with van der Waals surface area (Å²) in [6.45, 7) is 2.17. The molecule has 0 N–H and O–H groups in total. The van der Waals surface area contributed by atoms with Crippen molar-refractivity contribution in [3.05, 3.63) is 182 Å². The van der Waals surface area contributed by atoms with Crippen molar-refractivity contribution in [2.75, 3.05) is 0 Å². The highest BCUT2D eigenvalue weighted by molar-refractivity contribution is 6.22. The average Bonchev–Trinajstić information content (AvgIpc) is 3.75. The fraction of sp³-hybridized carbons (Fsp3) is 0.0408. The Kier molecular flexibility index (Phi) is 6.82. The molecule has 1 heterocycles. The molecule has 1 aromatic heterocycles. The van der Waals surface area contributed by atoms with Gasteiger partial charge in [-0.3, -0.25) is 4.57 Å². The zero-order valence-corrected chi connectivity index (χ0v) is 28.3. The number of aryl methyl sites for hydroxylation is 1. The van der Waals surface area contributed by atoms with Crippen LogP contribution in [0.5, 0.6) is 0 Å². The number of fused-ring (bicyclic) bond motifs is 4. The molecule has 1 aliphatic carbocycles. The van der Waals surface area contributed by atoms with E-state index in [0.29, 0.717) is 0 Å². The van der Waals surface area contributed by atoms with Crippen LogP contribution in [0, 0.1) is 0 Å². The van der Waals surface area contributed by atoms with E-state index < -0.39 is 0 Å². The Morgan fingerprint density at radius 2 is 1.04 bits per heavy atom. The van der Waals surface area contributed by atoms with Crippen molar-refractivity contribution in [1.29, 1.82) is 0 Å². The monoisotopic (exact) mass is 650 g/mol. The molecule has 2 heteroatoms. The van der Waals surface area contributed by atoms with Gasteiger partial charge in [-0.2, -0.15) is 0 Å². The van der Waals surface area contributed by atoms with Crippen molar-refractivity contribution < 1.29 is 0 Å². The van der Waals surface area contributed by atoms with Gasteiger partial charge in [0.25, 0.3) is 0 Å². The Morgan fingerprint density at radius 3 is 1.78 bits per heavy atom. The second kappa shape index (κ2) is 11.8. The van der Waals surface area contributed by atoms with E-state index in [0.717, 1.165) is 29.0 Å². The molecule has 0 unspecified atom stereocenters. The third-order valence-electron chi connectivity index (χ3n) is 10.5. The molecule has 51 heavy (non-hydrogen) atoms. The lowest BCUT2D eigenvalue weighted by molar-refractivity contribution is 0.908. The van der Waals surface area contributed by atoms with Crippen LogP contribution < -0.4 is 0 Å². The summed E-state index contributed by atoms with van der Waals surface area (Å²) in [6.07, 6.45) is 0.869. The molecule has 0 saturated carbocycles. The predicted molar refractivity (Wildman–Crippen MR) is 214 cm³/mol. The molecule has 0 bridgehead atoms. The van der Waals surface area contributed by atoms with Gasteiger partial charge in [0.2, 0.25) is 0 Å². The number of benzene rings is 8. The average molecular weight is 651 g/mol. The van der Waals surface area contributed by atoms with Gasteiger partial charge in [-0.05, 0) is 114 Å². The predicted octanol–water partition coefficient (Wildman–Crippen LogP) is 13.1. The van der Waals surface area contributed by atoms with E-state index in [2.05, 4.69) is 187 Å². The maximum atomic E-state index is 4.91. The molecule has 1 aliphatic rings. The number of para-hydroxylation sites is 2. The second-order valence-corrected chi connectivity index (χ2v) is 13.4. The quantitative estimate of drug-likeness (QED) is 0.175. The van der Waals surface area contributed by atoms with Gasteiger partial charge in [0.05, 0.1) is 11.0 Å². The molecule has 240 valence electrons. The molecular formula is C49H34N2. The first kappa shape index (κ1) is 29.4. The van der Waals surface area contributed by atoms with E-state index in [1.54, 1.807) is 0 Å². The Bertz CT molecular complexity index is 2750. The van der Waals surface area contributed by atoms with Gasteiger partial charge in [-0.15, -0.1) is 0 Å². The molecule has 9 aromatic rings. The van der Waals surface area contributed by atoms with E-state index in [4.69, 9.17) is 4.98 Å². The van der Waals surface area contributed by atoms with Gasteiger partial charge in [0.1, 0.15) is 5.82 Å². The maximum absolute atomic E-state index is 4.91. The minimum Gasteiger partial charge on any atom is -0.296 e. The van der Waals surface area contributed by atoms with Crippen LogP contribution in [0.15, 0.2) is 176 Å². The summed E-state index contributed by atoms with van der Waals surface area (Å²) in [5.74, 6) is 1.07. The Balaban J connectivity index is 1.18. The van der Waals surface area contributed by atoms with Crippen LogP contribution in [0.4, 0.5) is 0 Å². The zero-order chi connectivity index (χ0) is 33.9. The van der Waals surface area contributed by atoms with Crippen LogP contribution in [0.2, 0.25) is 0 Å². The summed E-state index contributed by atoms with van der Waals surface area (Å²) in [5, 5.41) is 2.62. The van der Waals surface area contributed by atoms with Gasteiger partial charge >= 0.3 is 0 Å². The van der Waals surface area contributed by atoms with Crippen molar-refractivity contribution >= 4 is 21.8 Å². The van der Waals surface area contributed by atoms with Crippen LogP contribution in [-0.2, 0) is 6.42 Å². The van der Waals surface area contributed by atoms with E-state index in [9.17, 15) is 0 Å². The normalized spacial score (nSPS) is 11.7. The first-order valence-electron chi connectivity index (χ1n) is 17.8. The van der Waals surface area contributed by atoms with Crippen molar-refractivity contribution in [1.82, 2.24) is 9.55 Å². The lowest BCUT2D eigenvalue weighted by atomic mass is 9.82. The Hall–Kier alpha value is -6.51. The highest BCUT2D eigenvalue weighted by atomic mass is 15.1. The van der Waals surface area contributed by atoms with E-state index in [-0.39, 0.29) is 0 Å². The molecular weight excluding hydrogens is 617 g/mol. The molecule has 0 amide bonds. The van der Waals surface area contributed by atoms with Crippen LogP contribution in [0.3, 0.4) is 0 Å². The minimum atomic E-state index is 0.869. The third-order valence-corrected chi connectivity index (χ3v) is 10.5. The highest BCUT2D eigenvalue weighted by Gasteiger charge is 2.30. The number of aromatic nitrogens is 2. The SMILES string of the molecule is CCc1nc2ccccc2n1-c1ccc(-c2cccc(-c3cc(-c4ccccc4)c4c(c3-c3ccccc3)-c3cccc5cccc-4c35)c2)cc1. The summed E-state index contributed by atoms with van der Waals surface area (Å²) in [4.78, 5) is 4.91. The van der Waals surface area contributed by atoms with Gasteiger partial charge < -0.3 is 0 Å². The molecule has 10 rings (SSSR count). The van der Waals surface area contributed by atoms with Crippen LogP contribution in [0.1, 0.15) is 12.7 Å². The van der Waals surface area contributed by atoms with E-state index in [1.165, 1.54) is 77.5 Å². The molecule has 0 aliphatic heterocycles. The lowest BCUT2D eigenvalue weighted by Gasteiger charge is -2.21. The van der Waals surface area contributed by atoms with Crippen molar-refractivity contribution in [3.63, 3.8) is 0 Å². The van der Waals surface area contributed by atoms with Crippen LogP contribution in [-0.4, -0.2) is 9.55 Å². The minimum absolute atomic E-state index is 0.869. The third kappa shape index (κ3) is 4.68. The number of hydrogen-bond donors (Lipinski definition) is 0. The number of nitrogens with zero attached hydrogens (tertiary/aromatic N) is 2. The standard InChI is InChI=1S/C49H34N2/c1-2-45-50-43-24-9-10-25-44(43)51(45)38-28-26-32(27-29-38)36-20-11-21-37(30-36)42-31-41(33-14-5-3-6-15-33)48-39-22-12-18-34-19-13-23-40(46(34)39)49(48)47(42)35-16-7-4-8-17-35/h3-31H,2H2,1H3. The topological polar surface area (TPSA) is 17.8 Å². The Morgan fingerprint density at radius 1 is 0.431 bits per heavy atom. The zero-order valence-electron chi connectivity index (χ0n) is 28.3. The first-order chi connectivity index (χ1) is 25.3. The summed E-state index contributed by atoms with van der Waals surface area (Å²) in [6, 6.07) is 64.2. The van der Waals surface area contributed by atoms with Crippen molar-refractivity contribution in [2.45, 2.75) is 13.3 Å². The maximum Gasteiger partial charge on any atom is 0.114 e. The summed E-state index contributed by atoms with van der Waals surface area (Å²) in [7, 11) is 0. The van der Waals surface area contributed by atoms with Gasteiger partial charge in [-0.1, -0.05) is 146 Å². The Labute approximate surface area is 298 Å². The first-order valence-corrected chi connectivity index (χ1v) is 17.8. The van der Waals surface area contributed by atoms with Crippen LogP contribution >= 0.6 is 0 Å². The van der Waals surface area contributed by atoms with Crippen molar-refractivity contribution in [2.24, 2.45) is 0 Å². The molecule has 0 atom stereocenters. The van der Waals surface area contributed by atoms with E-state index >= 15 is 0 Å². The number of hydrogen-bond acceptors (Lipinski definition) is 1.